The standard InChI is InChI=1S/C34H31Cl2N3O5S2/c35-27-7-4-8-28(36)31(27)32-26(33(44-38-32)22-10-11-22)19-43-24-13-15-39(16-14-24)34-37-29-12-9-21(18-30(29)45-34)17-23(40)20-46(41,42)25-5-2-1-3-6-25/h1-9,12,18,22,24H,10-11,13-17,19-20H2. The van der Waals surface area contributed by atoms with E-state index < -0.39 is 15.6 Å². The van der Waals surface area contributed by atoms with Crippen molar-refractivity contribution in [2.75, 3.05) is 23.7 Å². The van der Waals surface area contributed by atoms with E-state index >= 15 is 0 Å². The fourth-order valence-electron chi connectivity index (χ4n) is 5.87. The van der Waals surface area contributed by atoms with Crippen LogP contribution in [0.3, 0.4) is 0 Å². The Kier molecular flexibility index (Phi) is 8.91. The number of ether oxygens (including phenoxy) is 1. The SMILES string of the molecule is O=C(Cc1ccc2nc(N3CCC(OCc4c(-c5c(Cl)cccc5Cl)noc4C4CC4)CC3)sc2c1)CS(=O)(=O)c1ccccc1. The topological polar surface area (TPSA) is 103 Å². The van der Waals surface area contributed by atoms with Gasteiger partial charge in [-0.25, -0.2) is 13.4 Å². The fourth-order valence-corrected chi connectivity index (χ4v) is 8.79. The first-order chi connectivity index (χ1) is 22.2. The van der Waals surface area contributed by atoms with Gasteiger partial charge in [-0.1, -0.05) is 70.0 Å². The van der Waals surface area contributed by atoms with E-state index in [1.165, 1.54) is 12.1 Å². The molecule has 0 spiro atoms. The molecule has 0 bridgehead atoms. The maximum absolute atomic E-state index is 12.7. The van der Waals surface area contributed by atoms with Crippen molar-refractivity contribution >= 4 is 65.5 Å². The monoisotopic (exact) mass is 695 g/mol. The van der Waals surface area contributed by atoms with E-state index in [2.05, 4.69) is 10.1 Å². The van der Waals surface area contributed by atoms with Crippen LogP contribution in [0, 0.1) is 0 Å². The van der Waals surface area contributed by atoms with Gasteiger partial charge < -0.3 is 14.2 Å². The Balaban J connectivity index is 0.972. The second kappa shape index (κ2) is 13.1. The summed E-state index contributed by atoms with van der Waals surface area (Å²) in [6.07, 6.45) is 3.97. The number of ketones is 1. The average Bonchev–Trinajstić information content (AvgIpc) is 3.67. The number of thiazole rings is 1. The summed E-state index contributed by atoms with van der Waals surface area (Å²) in [6.45, 7) is 1.98. The molecule has 12 heteroatoms. The Morgan fingerprint density at radius 2 is 1.72 bits per heavy atom. The Morgan fingerprint density at radius 1 is 0.978 bits per heavy atom. The number of sulfone groups is 1. The van der Waals surface area contributed by atoms with Crippen molar-refractivity contribution in [3.05, 3.63) is 93.7 Å². The van der Waals surface area contributed by atoms with Crippen LogP contribution >= 0.6 is 34.5 Å². The average molecular weight is 697 g/mol. The van der Waals surface area contributed by atoms with Crippen molar-refractivity contribution in [3.63, 3.8) is 0 Å². The molecule has 3 heterocycles. The number of aromatic nitrogens is 2. The third-order valence-corrected chi connectivity index (χ3v) is 11.8. The van der Waals surface area contributed by atoms with Crippen LogP contribution in [0.15, 0.2) is 76.1 Å². The molecule has 1 saturated carbocycles. The number of carbonyl (C=O) groups excluding carboxylic acids is 1. The molecule has 0 unspecified atom stereocenters. The lowest BCUT2D eigenvalue weighted by molar-refractivity contribution is -0.116. The van der Waals surface area contributed by atoms with Gasteiger partial charge in [-0.3, -0.25) is 4.79 Å². The molecule has 46 heavy (non-hydrogen) atoms. The number of anilines is 1. The van der Waals surface area contributed by atoms with Crippen molar-refractivity contribution in [1.82, 2.24) is 10.1 Å². The molecule has 8 nitrogen and oxygen atoms in total. The predicted octanol–water partition coefficient (Wildman–Crippen LogP) is 7.91. The minimum absolute atomic E-state index is 0.0526. The van der Waals surface area contributed by atoms with Crippen molar-refractivity contribution < 1.29 is 22.5 Å². The molecular formula is C34H31Cl2N3O5S2. The quantitative estimate of drug-likeness (QED) is 0.137. The molecule has 7 rings (SSSR count). The van der Waals surface area contributed by atoms with E-state index in [1.54, 1.807) is 41.7 Å². The molecule has 0 radical (unpaired) electrons. The Labute approximate surface area is 281 Å². The lowest BCUT2D eigenvalue weighted by atomic mass is 10.0. The Morgan fingerprint density at radius 3 is 2.43 bits per heavy atom. The predicted molar refractivity (Wildman–Crippen MR) is 181 cm³/mol. The zero-order chi connectivity index (χ0) is 31.8. The van der Waals surface area contributed by atoms with Crippen LogP contribution in [0.2, 0.25) is 10.0 Å². The zero-order valence-electron chi connectivity index (χ0n) is 24.8. The molecule has 1 aliphatic heterocycles. The highest BCUT2D eigenvalue weighted by Gasteiger charge is 2.34. The number of carbonyl (C=O) groups is 1. The van der Waals surface area contributed by atoms with E-state index in [0.717, 1.165) is 71.0 Å². The summed E-state index contributed by atoms with van der Waals surface area (Å²) in [5, 5.41) is 6.36. The highest BCUT2D eigenvalue weighted by Crippen LogP contribution is 2.46. The van der Waals surface area contributed by atoms with Crippen LogP contribution in [0.25, 0.3) is 21.5 Å². The van der Waals surface area contributed by atoms with Crippen LogP contribution < -0.4 is 4.90 Å². The third kappa shape index (κ3) is 6.73. The first kappa shape index (κ1) is 31.3. The molecule has 1 aliphatic carbocycles. The highest BCUT2D eigenvalue weighted by atomic mass is 35.5. The first-order valence-corrected chi connectivity index (χ1v) is 18.5. The molecule has 238 valence electrons. The van der Waals surface area contributed by atoms with E-state index in [1.807, 2.05) is 24.3 Å². The summed E-state index contributed by atoms with van der Waals surface area (Å²) in [6, 6.07) is 19.2. The van der Waals surface area contributed by atoms with Gasteiger partial charge in [-0.05, 0) is 67.6 Å². The van der Waals surface area contributed by atoms with E-state index in [9.17, 15) is 13.2 Å². The second-order valence-corrected chi connectivity index (χ2v) is 15.6. The third-order valence-electron chi connectivity index (χ3n) is 8.44. The second-order valence-electron chi connectivity index (χ2n) is 11.8. The molecule has 5 aromatic rings. The van der Waals surface area contributed by atoms with Crippen LogP contribution in [0.1, 0.15) is 48.5 Å². The van der Waals surface area contributed by atoms with Crippen LogP contribution in [-0.4, -0.2) is 49.3 Å². The molecule has 0 amide bonds. The maximum atomic E-state index is 12.7. The molecule has 0 atom stereocenters. The molecule has 2 fully saturated rings. The number of nitrogens with zero attached hydrogens (tertiary/aromatic N) is 3. The van der Waals surface area contributed by atoms with Crippen molar-refractivity contribution in [2.24, 2.45) is 0 Å². The number of halogens is 2. The van der Waals surface area contributed by atoms with Gasteiger partial charge in [0.2, 0.25) is 0 Å². The van der Waals surface area contributed by atoms with Gasteiger partial charge in [0, 0.05) is 36.6 Å². The van der Waals surface area contributed by atoms with Gasteiger partial charge in [0.15, 0.2) is 20.8 Å². The van der Waals surface area contributed by atoms with Crippen molar-refractivity contribution in [3.8, 4) is 11.3 Å². The summed E-state index contributed by atoms with van der Waals surface area (Å²) in [5.41, 5.74) is 3.90. The zero-order valence-corrected chi connectivity index (χ0v) is 28.0. The summed E-state index contributed by atoms with van der Waals surface area (Å²) in [7, 11) is -3.67. The molecule has 2 aliphatic rings. The van der Waals surface area contributed by atoms with E-state index in [4.69, 9.17) is 37.4 Å². The van der Waals surface area contributed by atoms with Gasteiger partial charge in [-0.15, -0.1) is 0 Å². The van der Waals surface area contributed by atoms with Crippen LogP contribution in [0.5, 0.6) is 0 Å². The van der Waals surface area contributed by atoms with Crippen LogP contribution in [-0.2, 0) is 32.4 Å². The van der Waals surface area contributed by atoms with Crippen molar-refractivity contribution in [2.45, 2.75) is 55.6 Å². The number of hydrogen-bond acceptors (Lipinski definition) is 9. The Hall–Kier alpha value is -3.28. The lowest BCUT2D eigenvalue weighted by Crippen LogP contribution is -2.36. The van der Waals surface area contributed by atoms with Gasteiger partial charge in [-0.2, -0.15) is 0 Å². The summed E-state index contributed by atoms with van der Waals surface area (Å²) >= 11 is 14.6. The lowest BCUT2D eigenvalue weighted by Gasteiger charge is -2.31. The van der Waals surface area contributed by atoms with Gasteiger partial charge in [0.05, 0.1) is 37.9 Å². The smallest absolute Gasteiger partial charge is 0.186 e. The summed E-state index contributed by atoms with van der Waals surface area (Å²) in [5.74, 6) is 0.376. The summed E-state index contributed by atoms with van der Waals surface area (Å²) < 4.78 is 38.5. The van der Waals surface area contributed by atoms with E-state index in [0.29, 0.717) is 33.8 Å². The minimum atomic E-state index is -3.67. The maximum Gasteiger partial charge on any atom is 0.186 e. The summed E-state index contributed by atoms with van der Waals surface area (Å²) in [4.78, 5) is 20.0. The number of piperidine rings is 1. The van der Waals surface area contributed by atoms with Gasteiger partial charge >= 0.3 is 0 Å². The minimum Gasteiger partial charge on any atom is -0.373 e. The van der Waals surface area contributed by atoms with E-state index in [-0.39, 0.29) is 23.2 Å². The molecule has 3 aromatic carbocycles. The first-order valence-electron chi connectivity index (χ1n) is 15.2. The fraction of sp³-hybridized carbons (Fsp3) is 0.324. The number of rotatable bonds is 11. The normalized spacial score (nSPS) is 15.9. The number of benzene rings is 3. The van der Waals surface area contributed by atoms with Crippen molar-refractivity contribution in [1.29, 1.82) is 0 Å². The highest BCUT2D eigenvalue weighted by molar-refractivity contribution is 7.92. The molecule has 1 saturated heterocycles. The molecule has 2 aromatic heterocycles. The number of fused-ring (bicyclic) bond motifs is 1. The number of hydrogen-bond donors (Lipinski definition) is 0. The van der Waals surface area contributed by atoms with Gasteiger partial charge in [0.25, 0.3) is 0 Å². The Bertz CT molecular complexity index is 1980. The largest absolute Gasteiger partial charge is 0.373 e. The van der Waals surface area contributed by atoms with Crippen LogP contribution in [0.4, 0.5) is 5.13 Å². The number of Topliss-reactive ketones (excluding diaryl/α,β-unsaturated/α-hetero) is 1. The molecular weight excluding hydrogens is 665 g/mol. The van der Waals surface area contributed by atoms with Gasteiger partial charge in [0.1, 0.15) is 17.2 Å². The molecule has 0 N–H and O–H groups in total.